The van der Waals surface area contributed by atoms with Gasteiger partial charge in [-0.05, 0) is 25.1 Å². The summed E-state index contributed by atoms with van der Waals surface area (Å²) in [6, 6.07) is 4.88. The van der Waals surface area contributed by atoms with E-state index in [0.29, 0.717) is 17.1 Å². The van der Waals surface area contributed by atoms with Gasteiger partial charge >= 0.3 is 0 Å². The molecule has 0 saturated carbocycles. The van der Waals surface area contributed by atoms with Gasteiger partial charge in [0.2, 0.25) is 0 Å². The van der Waals surface area contributed by atoms with E-state index in [1.54, 1.807) is 18.2 Å². The van der Waals surface area contributed by atoms with E-state index in [1.165, 1.54) is 14.0 Å². The second-order valence-electron chi connectivity index (χ2n) is 3.54. The lowest BCUT2D eigenvalue weighted by molar-refractivity contribution is 0.101. The molecule has 1 atom stereocenters. The predicted molar refractivity (Wildman–Crippen MR) is 65.2 cm³/mol. The van der Waals surface area contributed by atoms with E-state index >= 15 is 0 Å². The topological polar surface area (TPSA) is 55.8 Å². The maximum absolute atomic E-state index is 11.2. The number of hydrogen-bond acceptors (Lipinski definition) is 4. The quantitative estimate of drug-likeness (QED) is 0.625. The van der Waals surface area contributed by atoms with Crippen LogP contribution in [0, 0.1) is 0 Å². The zero-order chi connectivity index (χ0) is 12.8. The van der Waals surface area contributed by atoms with Crippen LogP contribution in [0.3, 0.4) is 0 Å². The Labute approximate surface area is 105 Å². The molecule has 0 aromatic heterocycles. The minimum absolute atomic E-state index is 0.0457. The summed E-state index contributed by atoms with van der Waals surface area (Å²) in [7, 11) is 1.49. The monoisotopic (exact) mass is 258 g/mol. The number of carbonyl (C=O) groups is 1. The van der Waals surface area contributed by atoms with E-state index in [-0.39, 0.29) is 18.3 Å². The molecule has 0 aliphatic heterocycles. The lowest BCUT2D eigenvalue weighted by atomic mass is 10.1. The lowest BCUT2D eigenvalue weighted by Gasteiger charge is -2.13. The third-order valence-corrected chi connectivity index (χ3v) is 2.54. The number of Topliss-reactive ketones (excluding diaryl/α,β-unsaturated/α-hetero) is 1. The molecule has 0 bridgehead atoms. The first kappa shape index (κ1) is 13.8. The van der Waals surface area contributed by atoms with Crippen LogP contribution < -0.4 is 9.47 Å². The van der Waals surface area contributed by atoms with Crippen LogP contribution in [0.2, 0.25) is 0 Å². The average molecular weight is 259 g/mol. The number of carbonyl (C=O) groups excluding carboxylic acids is 1. The largest absolute Gasteiger partial charge is 0.493 e. The van der Waals surface area contributed by atoms with Gasteiger partial charge in [0.25, 0.3) is 0 Å². The zero-order valence-corrected chi connectivity index (χ0v) is 10.5. The SMILES string of the molecule is COc1cc(C(C)=O)ccc1OCC(O)CCl. The van der Waals surface area contributed by atoms with Crippen molar-refractivity contribution in [3.63, 3.8) is 0 Å². The molecule has 0 spiro atoms. The number of alkyl halides is 1. The number of rotatable bonds is 6. The first-order chi connectivity index (χ1) is 8.08. The number of methoxy groups -OCH3 is 1. The second-order valence-corrected chi connectivity index (χ2v) is 3.85. The summed E-state index contributed by atoms with van der Waals surface area (Å²) in [6.45, 7) is 1.56. The Morgan fingerprint density at radius 1 is 1.47 bits per heavy atom. The summed E-state index contributed by atoms with van der Waals surface area (Å²) in [5.74, 6) is 0.991. The molecule has 1 aromatic rings. The van der Waals surface area contributed by atoms with Crippen LogP contribution in [0.4, 0.5) is 0 Å². The third kappa shape index (κ3) is 3.91. The van der Waals surface area contributed by atoms with Crippen molar-refractivity contribution in [3.8, 4) is 11.5 Å². The van der Waals surface area contributed by atoms with E-state index < -0.39 is 6.10 Å². The molecule has 1 N–H and O–H groups in total. The van der Waals surface area contributed by atoms with Crippen LogP contribution in [0.1, 0.15) is 17.3 Å². The Kier molecular flexibility index (Phi) is 5.25. The second kappa shape index (κ2) is 6.47. The van der Waals surface area contributed by atoms with E-state index in [4.69, 9.17) is 21.1 Å². The van der Waals surface area contributed by atoms with E-state index in [9.17, 15) is 9.90 Å². The highest BCUT2D eigenvalue weighted by molar-refractivity contribution is 6.18. The van der Waals surface area contributed by atoms with Crippen LogP contribution >= 0.6 is 11.6 Å². The molecule has 1 aromatic carbocycles. The van der Waals surface area contributed by atoms with Gasteiger partial charge in [0, 0.05) is 5.56 Å². The molecular formula is C12H15ClO4. The van der Waals surface area contributed by atoms with Gasteiger partial charge in [-0.3, -0.25) is 4.79 Å². The number of halogens is 1. The molecule has 17 heavy (non-hydrogen) atoms. The highest BCUT2D eigenvalue weighted by Gasteiger charge is 2.10. The molecule has 5 heteroatoms. The zero-order valence-electron chi connectivity index (χ0n) is 9.77. The van der Waals surface area contributed by atoms with Crippen molar-refractivity contribution in [2.45, 2.75) is 13.0 Å². The summed E-state index contributed by atoms with van der Waals surface area (Å²) in [5.41, 5.74) is 0.548. The Morgan fingerprint density at radius 3 is 2.71 bits per heavy atom. The van der Waals surface area contributed by atoms with Crippen molar-refractivity contribution in [3.05, 3.63) is 23.8 Å². The summed E-state index contributed by atoms with van der Waals surface area (Å²) >= 11 is 5.45. The first-order valence-electron chi connectivity index (χ1n) is 5.14. The minimum Gasteiger partial charge on any atom is -0.493 e. The fraction of sp³-hybridized carbons (Fsp3) is 0.417. The number of hydrogen-bond donors (Lipinski definition) is 1. The Morgan fingerprint density at radius 2 is 2.18 bits per heavy atom. The molecule has 1 unspecified atom stereocenters. The smallest absolute Gasteiger partial charge is 0.161 e. The van der Waals surface area contributed by atoms with E-state index in [0.717, 1.165) is 0 Å². The fourth-order valence-corrected chi connectivity index (χ4v) is 1.33. The van der Waals surface area contributed by atoms with Crippen molar-refractivity contribution in [1.29, 1.82) is 0 Å². The van der Waals surface area contributed by atoms with E-state index in [1.807, 2.05) is 0 Å². The predicted octanol–water partition coefficient (Wildman–Crippen LogP) is 1.88. The number of aliphatic hydroxyl groups excluding tert-OH is 1. The van der Waals surface area contributed by atoms with Crippen LogP contribution in [0.5, 0.6) is 11.5 Å². The molecule has 0 saturated heterocycles. The van der Waals surface area contributed by atoms with Crippen molar-refractivity contribution < 1.29 is 19.4 Å². The summed E-state index contributed by atoms with van der Waals surface area (Å²) in [6.07, 6.45) is -0.728. The molecule has 0 aliphatic carbocycles. The Hall–Kier alpha value is -1.26. The average Bonchev–Trinajstić information content (AvgIpc) is 2.35. The lowest BCUT2D eigenvalue weighted by Crippen LogP contribution is -2.19. The highest BCUT2D eigenvalue weighted by atomic mass is 35.5. The summed E-state index contributed by atoms with van der Waals surface area (Å²) in [4.78, 5) is 11.2. The normalized spacial score (nSPS) is 12.0. The van der Waals surface area contributed by atoms with Gasteiger partial charge < -0.3 is 14.6 Å². The minimum atomic E-state index is -0.728. The number of benzene rings is 1. The van der Waals surface area contributed by atoms with Gasteiger partial charge in [0.1, 0.15) is 12.7 Å². The Balaban J connectivity index is 2.82. The van der Waals surface area contributed by atoms with Crippen LogP contribution in [0.15, 0.2) is 18.2 Å². The molecule has 4 nitrogen and oxygen atoms in total. The van der Waals surface area contributed by atoms with Crippen molar-refractivity contribution in [1.82, 2.24) is 0 Å². The van der Waals surface area contributed by atoms with Gasteiger partial charge in [-0.25, -0.2) is 0 Å². The van der Waals surface area contributed by atoms with E-state index in [2.05, 4.69) is 0 Å². The number of ketones is 1. The molecule has 0 heterocycles. The standard InChI is InChI=1S/C12H15ClO4/c1-8(14)9-3-4-11(12(5-9)16-2)17-7-10(15)6-13/h3-5,10,15H,6-7H2,1-2H3. The third-order valence-electron chi connectivity index (χ3n) is 2.18. The fourth-order valence-electron chi connectivity index (χ4n) is 1.24. The van der Waals surface area contributed by atoms with Crippen LogP contribution in [-0.4, -0.2) is 36.6 Å². The van der Waals surface area contributed by atoms with Gasteiger partial charge in [0.15, 0.2) is 17.3 Å². The van der Waals surface area contributed by atoms with Gasteiger partial charge in [-0.2, -0.15) is 0 Å². The highest BCUT2D eigenvalue weighted by Crippen LogP contribution is 2.28. The first-order valence-corrected chi connectivity index (χ1v) is 5.67. The Bertz CT molecular complexity index is 392. The molecular weight excluding hydrogens is 244 g/mol. The molecule has 0 amide bonds. The van der Waals surface area contributed by atoms with Crippen molar-refractivity contribution in [2.75, 3.05) is 19.6 Å². The summed E-state index contributed by atoms with van der Waals surface area (Å²) in [5, 5.41) is 9.27. The summed E-state index contributed by atoms with van der Waals surface area (Å²) < 4.78 is 10.5. The molecule has 1 rings (SSSR count). The van der Waals surface area contributed by atoms with Crippen LogP contribution in [-0.2, 0) is 0 Å². The van der Waals surface area contributed by atoms with Crippen molar-refractivity contribution in [2.24, 2.45) is 0 Å². The maximum atomic E-state index is 11.2. The van der Waals surface area contributed by atoms with Gasteiger partial charge in [-0.15, -0.1) is 11.6 Å². The van der Waals surface area contributed by atoms with Crippen LogP contribution in [0.25, 0.3) is 0 Å². The molecule has 0 radical (unpaired) electrons. The van der Waals surface area contributed by atoms with Crippen molar-refractivity contribution >= 4 is 17.4 Å². The number of aliphatic hydroxyl groups is 1. The van der Waals surface area contributed by atoms with Gasteiger partial charge in [0.05, 0.1) is 13.0 Å². The van der Waals surface area contributed by atoms with Gasteiger partial charge in [-0.1, -0.05) is 0 Å². The molecule has 0 fully saturated rings. The molecule has 0 aliphatic rings. The molecule has 94 valence electrons. The number of ether oxygens (including phenoxy) is 2. The maximum Gasteiger partial charge on any atom is 0.161 e.